The molecule has 86 valence electrons. The normalized spacial score (nSPS) is 49.6. The van der Waals surface area contributed by atoms with Gasteiger partial charge in [0.05, 0.1) is 3.92 Å². The summed E-state index contributed by atoms with van der Waals surface area (Å²) in [4.78, 5) is 23.2. The Labute approximate surface area is 106 Å². The zero-order valence-electron chi connectivity index (χ0n) is 8.73. The Morgan fingerprint density at radius 3 is 3.00 bits per heavy atom. The largest absolute Gasteiger partial charge is 0.458 e. The summed E-state index contributed by atoms with van der Waals surface area (Å²) >= 11 is 2.27. The maximum absolute atomic E-state index is 12.0. The molecule has 0 amide bonds. The van der Waals surface area contributed by atoms with Crippen molar-refractivity contribution in [2.45, 2.75) is 35.4 Å². The van der Waals surface area contributed by atoms with Gasteiger partial charge in [-0.15, -0.1) is 0 Å². The van der Waals surface area contributed by atoms with E-state index in [1.165, 1.54) is 6.08 Å². The Kier molecular flexibility index (Phi) is 1.98. The van der Waals surface area contributed by atoms with E-state index in [1.807, 2.05) is 6.92 Å². The number of rotatable bonds is 0. The number of hydrogen-bond acceptors (Lipinski definition) is 4. The van der Waals surface area contributed by atoms with E-state index in [4.69, 9.17) is 9.47 Å². The van der Waals surface area contributed by atoms with Crippen molar-refractivity contribution >= 4 is 34.5 Å². The number of alkyl halides is 1. The summed E-state index contributed by atoms with van der Waals surface area (Å²) in [5.74, 6) is -0.606. The standard InChI is InChI=1S/C11H11IO4/c1-10-5-11(9(14)16-10)3-2-8(13)15-7(11)4-6(10)12/h2-3,6-7H,4-5H2,1H3. The highest BCUT2D eigenvalue weighted by molar-refractivity contribution is 14.1. The molecule has 2 aliphatic heterocycles. The van der Waals surface area contributed by atoms with Crippen molar-refractivity contribution in [3.8, 4) is 0 Å². The van der Waals surface area contributed by atoms with Gasteiger partial charge >= 0.3 is 11.9 Å². The Hall–Kier alpha value is -0.590. The summed E-state index contributed by atoms with van der Waals surface area (Å²) in [7, 11) is 0. The minimum atomic E-state index is -0.718. The van der Waals surface area contributed by atoms with E-state index in [0.29, 0.717) is 12.8 Å². The molecular formula is C11H11IO4. The molecule has 16 heavy (non-hydrogen) atoms. The number of carbonyl (C=O) groups excluding carboxylic acids is 2. The number of hydrogen-bond donors (Lipinski definition) is 0. The topological polar surface area (TPSA) is 52.6 Å². The van der Waals surface area contributed by atoms with Gasteiger partial charge < -0.3 is 9.47 Å². The van der Waals surface area contributed by atoms with Gasteiger partial charge in [0.15, 0.2) is 0 Å². The van der Waals surface area contributed by atoms with E-state index < -0.39 is 11.0 Å². The first kappa shape index (κ1) is 10.6. The monoisotopic (exact) mass is 334 g/mol. The van der Waals surface area contributed by atoms with E-state index in [2.05, 4.69) is 22.6 Å². The highest BCUT2D eigenvalue weighted by Gasteiger charge is 2.66. The van der Waals surface area contributed by atoms with Crippen molar-refractivity contribution in [1.29, 1.82) is 0 Å². The van der Waals surface area contributed by atoms with Gasteiger partial charge in [0.2, 0.25) is 0 Å². The number of carbonyl (C=O) groups is 2. The number of esters is 2. The third kappa shape index (κ3) is 1.15. The SMILES string of the molecule is CC12CC3(C=CC(=O)OC3CC1I)C(=O)O2. The van der Waals surface area contributed by atoms with Crippen LogP contribution in [-0.4, -0.2) is 27.6 Å². The lowest BCUT2D eigenvalue weighted by Gasteiger charge is -2.41. The lowest BCUT2D eigenvalue weighted by molar-refractivity contribution is -0.159. The molecule has 0 aromatic heterocycles. The molecule has 5 heteroatoms. The molecule has 3 rings (SSSR count). The van der Waals surface area contributed by atoms with Gasteiger partial charge in [0.1, 0.15) is 17.1 Å². The minimum Gasteiger partial charge on any atom is -0.458 e. The van der Waals surface area contributed by atoms with Crippen LogP contribution in [0.2, 0.25) is 0 Å². The smallest absolute Gasteiger partial charge is 0.330 e. The van der Waals surface area contributed by atoms with Crippen LogP contribution in [0.25, 0.3) is 0 Å². The van der Waals surface area contributed by atoms with E-state index in [-0.39, 0.29) is 22.0 Å². The molecule has 0 aromatic rings. The Morgan fingerprint density at radius 2 is 2.25 bits per heavy atom. The molecule has 0 radical (unpaired) electrons. The second-order valence-electron chi connectivity index (χ2n) is 4.88. The van der Waals surface area contributed by atoms with Crippen LogP contribution in [0.1, 0.15) is 19.8 Å². The third-order valence-corrected chi connectivity index (χ3v) is 5.61. The van der Waals surface area contributed by atoms with Gasteiger partial charge in [-0.1, -0.05) is 28.7 Å². The average molecular weight is 334 g/mol. The molecular weight excluding hydrogens is 323 g/mol. The van der Waals surface area contributed by atoms with Crippen molar-refractivity contribution in [3.05, 3.63) is 12.2 Å². The van der Waals surface area contributed by atoms with Gasteiger partial charge in [-0.25, -0.2) is 4.79 Å². The molecule has 1 spiro atoms. The first-order valence-corrected chi connectivity index (χ1v) is 6.48. The van der Waals surface area contributed by atoms with Gasteiger partial charge in [-0.2, -0.15) is 0 Å². The molecule has 2 bridgehead atoms. The fraction of sp³-hybridized carbons (Fsp3) is 0.636. The summed E-state index contributed by atoms with van der Waals surface area (Å²) in [6.07, 6.45) is 3.96. The van der Waals surface area contributed by atoms with Crippen molar-refractivity contribution in [2.75, 3.05) is 0 Å². The number of halogens is 1. The predicted molar refractivity (Wildman–Crippen MR) is 63.0 cm³/mol. The molecule has 1 aliphatic carbocycles. The van der Waals surface area contributed by atoms with Crippen LogP contribution in [0.3, 0.4) is 0 Å². The third-order valence-electron chi connectivity index (χ3n) is 3.78. The highest BCUT2D eigenvalue weighted by Crippen LogP contribution is 2.55. The lowest BCUT2D eigenvalue weighted by Crippen LogP contribution is -2.50. The molecule has 1 saturated heterocycles. The summed E-state index contributed by atoms with van der Waals surface area (Å²) in [5, 5.41) is 0. The number of fused-ring (bicyclic) bond motifs is 1. The number of ether oxygens (including phenoxy) is 2. The molecule has 0 N–H and O–H groups in total. The Bertz CT molecular complexity index is 418. The fourth-order valence-electron chi connectivity index (χ4n) is 2.85. The van der Waals surface area contributed by atoms with Crippen LogP contribution < -0.4 is 0 Å². The fourth-order valence-corrected chi connectivity index (χ4v) is 3.66. The van der Waals surface area contributed by atoms with Gasteiger partial charge in [0.25, 0.3) is 0 Å². The highest BCUT2D eigenvalue weighted by atomic mass is 127. The molecule has 4 unspecified atom stereocenters. The molecule has 1 saturated carbocycles. The molecule has 2 heterocycles. The summed E-state index contributed by atoms with van der Waals surface area (Å²) < 4.78 is 10.9. The second-order valence-corrected chi connectivity index (χ2v) is 6.39. The first-order chi connectivity index (χ1) is 7.46. The molecule has 0 aromatic carbocycles. The van der Waals surface area contributed by atoms with Crippen molar-refractivity contribution in [1.82, 2.24) is 0 Å². The Balaban J connectivity index is 2.10. The van der Waals surface area contributed by atoms with E-state index in [9.17, 15) is 9.59 Å². The van der Waals surface area contributed by atoms with Crippen LogP contribution in [0.15, 0.2) is 12.2 Å². The van der Waals surface area contributed by atoms with Gasteiger partial charge in [-0.3, -0.25) is 4.79 Å². The van der Waals surface area contributed by atoms with Crippen LogP contribution in [0, 0.1) is 5.41 Å². The second kappa shape index (κ2) is 3.00. The van der Waals surface area contributed by atoms with E-state index in [0.717, 1.165) is 0 Å². The molecule has 4 atom stereocenters. The van der Waals surface area contributed by atoms with Crippen molar-refractivity contribution < 1.29 is 19.1 Å². The molecule has 2 fully saturated rings. The zero-order chi connectivity index (χ0) is 11.6. The molecule has 4 nitrogen and oxygen atoms in total. The predicted octanol–water partition coefficient (Wildman–Crippen LogP) is 1.37. The van der Waals surface area contributed by atoms with Crippen LogP contribution in [0.5, 0.6) is 0 Å². The van der Waals surface area contributed by atoms with E-state index in [1.54, 1.807) is 6.08 Å². The lowest BCUT2D eigenvalue weighted by atomic mass is 9.68. The Morgan fingerprint density at radius 1 is 1.50 bits per heavy atom. The quantitative estimate of drug-likeness (QED) is 0.381. The van der Waals surface area contributed by atoms with Gasteiger partial charge in [0, 0.05) is 18.9 Å². The summed E-state index contributed by atoms with van der Waals surface area (Å²) in [6, 6.07) is 0. The maximum atomic E-state index is 12.0. The maximum Gasteiger partial charge on any atom is 0.330 e. The zero-order valence-corrected chi connectivity index (χ0v) is 10.9. The van der Waals surface area contributed by atoms with Crippen molar-refractivity contribution in [3.63, 3.8) is 0 Å². The first-order valence-electron chi connectivity index (χ1n) is 5.24. The minimum absolute atomic E-state index is 0.189. The average Bonchev–Trinajstić information content (AvgIpc) is 2.43. The van der Waals surface area contributed by atoms with Crippen LogP contribution >= 0.6 is 22.6 Å². The summed E-state index contributed by atoms with van der Waals surface area (Å²) in [5.41, 5.74) is -1.13. The van der Waals surface area contributed by atoms with Crippen molar-refractivity contribution in [2.24, 2.45) is 5.41 Å². The molecule has 3 aliphatic rings. The summed E-state index contributed by atoms with van der Waals surface area (Å²) in [6.45, 7) is 1.96. The van der Waals surface area contributed by atoms with E-state index >= 15 is 0 Å². The van der Waals surface area contributed by atoms with Crippen LogP contribution in [0.4, 0.5) is 0 Å². The van der Waals surface area contributed by atoms with Gasteiger partial charge in [-0.05, 0) is 6.92 Å². The van der Waals surface area contributed by atoms with Crippen LogP contribution in [-0.2, 0) is 19.1 Å².